The van der Waals surface area contributed by atoms with Crippen molar-refractivity contribution in [3.05, 3.63) is 0 Å². The first-order chi connectivity index (χ1) is 8.24. The van der Waals surface area contributed by atoms with Gasteiger partial charge in [-0.1, -0.05) is 12.8 Å². The van der Waals surface area contributed by atoms with Crippen LogP contribution in [0, 0.1) is 5.92 Å². The predicted molar refractivity (Wildman–Crippen MR) is 67.8 cm³/mol. The van der Waals surface area contributed by atoms with E-state index in [0.29, 0.717) is 12.6 Å². The topological polar surface area (TPSA) is 29.5 Å². The minimum atomic E-state index is -0.0548. The molecule has 17 heavy (non-hydrogen) atoms. The van der Waals surface area contributed by atoms with Crippen LogP contribution in [0.25, 0.3) is 0 Å². The van der Waals surface area contributed by atoms with Gasteiger partial charge in [0.1, 0.15) is 6.04 Å². The van der Waals surface area contributed by atoms with E-state index in [1.165, 1.54) is 38.5 Å². The third-order valence-electron chi connectivity index (χ3n) is 4.41. The van der Waals surface area contributed by atoms with Crippen molar-refractivity contribution in [1.82, 2.24) is 4.90 Å². The molecule has 1 unspecified atom stereocenters. The zero-order valence-corrected chi connectivity index (χ0v) is 11.2. The van der Waals surface area contributed by atoms with Crippen molar-refractivity contribution in [3.8, 4) is 0 Å². The molecule has 3 nitrogen and oxygen atoms in total. The molecular weight excluding hydrogens is 214 g/mol. The maximum atomic E-state index is 11.9. The van der Waals surface area contributed by atoms with Crippen LogP contribution in [0.15, 0.2) is 0 Å². The second-order valence-corrected chi connectivity index (χ2v) is 5.42. The van der Waals surface area contributed by atoms with Gasteiger partial charge in [-0.25, -0.2) is 0 Å². The Kier molecular flexibility index (Phi) is 4.43. The van der Waals surface area contributed by atoms with Crippen LogP contribution in [0.3, 0.4) is 0 Å². The van der Waals surface area contributed by atoms with Gasteiger partial charge in [0.25, 0.3) is 0 Å². The highest BCUT2D eigenvalue weighted by atomic mass is 16.5. The van der Waals surface area contributed by atoms with Crippen LogP contribution in [0.2, 0.25) is 0 Å². The molecule has 2 fully saturated rings. The Hall–Kier alpha value is -0.570. The van der Waals surface area contributed by atoms with Crippen molar-refractivity contribution in [2.24, 2.45) is 5.92 Å². The zero-order valence-electron chi connectivity index (χ0n) is 11.2. The van der Waals surface area contributed by atoms with Crippen molar-refractivity contribution in [2.45, 2.75) is 64.5 Å². The number of ether oxygens (including phenoxy) is 1. The van der Waals surface area contributed by atoms with Crippen molar-refractivity contribution in [1.29, 1.82) is 0 Å². The number of piperidine rings is 1. The maximum absolute atomic E-state index is 11.9. The molecule has 0 amide bonds. The number of hydrogen-bond donors (Lipinski definition) is 0. The summed E-state index contributed by atoms with van der Waals surface area (Å²) >= 11 is 0. The normalized spacial score (nSPS) is 31.6. The first-order valence-corrected chi connectivity index (χ1v) is 7.16. The molecule has 0 aromatic rings. The third kappa shape index (κ3) is 2.82. The fourth-order valence-corrected chi connectivity index (χ4v) is 3.54. The Morgan fingerprint density at radius 2 is 2.00 bits per heavy atom. The summed E-state index contributed by atoms with van der Waals surface area (Å²) in [5.41, 5.74) is 0. The lowest BCUT2D eigenvalue weighted by atomic mass is 9.78. The standard InChI is InChI=1S/C14H25NO2/c1-3-17-14(16)11(2)15-10-6-8-12-7-4-5-9-13(12)15/h11-13H,3-10H2,1-2H3/t11?,12-,13-/m1/s1. The van der Waals surface area contributed by atoms with Crippen LogP contribution >= 0.6 is 0 Å². The molecule has 2 aliphatic rings. The van der Waals surface area contributed by atoms with Crippen molar-refractivity contribution >= 4 is 5.97 Å². The van der Waals surface area contributed by atoms with Crippen molar-refractivity contribution in [2.75, 3.05) is 13.2 Å². The van der Waals surface area contributed by atoms with Crippen LogP contribution in [0.1, 0.15) is 52.4 Å². The number of carbonyl (C=O) groups is 1. The van der Waals surface area contributed by atoms with Gasteiger partial charge in [0.05, 0.1) is 6.61 Å². The molecule has 1 aliphatic carbocycles. The summed E-state index contributed by atoms with van der Waals surface area (Å²) in [6.45, 7) is 5.45. The highest BCUT2D eigenvalue weighted by Crippen LogP contribution is 2.36. The predicted octanol–water partition coefficient (Wildman–Crippen LogP) is 2.59. The summed E-state index contributed by atoms with van der Waals surface area (Å²) in [5, 5.41) is 0. The molecule has 3 heteroatoms. The fourth-order valence-electron chi connectivity index (χ4n) is 3.54. The van der Waals surface area contributed by atoms with E-state index in [9.17, 15) is 4.79 Å². The fraction of sp³-hybridized carbons (Fsp3) is 0.929. The van der Waals surface area contributed by atoms with Crippen LogP contribution in [0.5, 0.6) is 0 Å². The highest BCUT2D eigenvalue weighted by Gasteiger charge is 2.37. The van der Waals surface area contributed by atoms with E-state index in [4.69, 9.17) is 4.74 Å². The summed E-state index contributed by atoms with van der Waals surface area (Å²) in [6.07, 6.45) is 7.93. The largest absolute Gasteiger partial charge is 0.465 e. The molecule has 1 aliphatic heterocycles. The van der Waals surface area contributed by atoms with Gasteiger partial charge in [0.2, 0.25) is 0 Å². The molecule has 1 saturated carbocycles. The maximum Gasteiger partial charge on any atom is 0.323 e. The second kappa shape index (κ2) is 5.85. The monoisotopic (exact) mass is 239 g/mol. The minimum absolute atomic E-state index is 0.0428. The number of likely N-dealkylation sites (tertiary alicyclic amines) is 1. The van der Waals surface area contributed by atoms with Gasteiger partial charge < -0.3 is 4.74 Å². The van der Waals surface area contributed by atoms with Crippen molar-refractivity contribution < 1.29 is 9.53 Å². The van der Waals surface area contributed by atoms with E-state index in [2.05, 4.69) is 4.90 Å². The van der Waals surface area contributed by atoms with Crippen LogP contribution in [-0.4, -0.2) is 36.1 Å². The minimum Gasteiger partial charge on any atom is -0.465 e. The molecule has 0 aromatic heterocycles. The van der Waals surface area contributed by atoms with Gasteiger partial charge in [-0.2, -0.15) is 0 Å². The van der Waals surface area contributed by atoms with E-state index in [1.807, 2.05) is 13.8 Å². The number of carbonyl (C=O) groups excluding carboxylic acids is 1. The quantitative estimate of drug-likeness (QED) is 0.709. The summed E-state index contributed by atoms with van der Waals surface area (Å²) in [5.74, 6) is 0.785. The van der Waals surface area contributed by atoms with Gasteiger partial charge in [-0.05, 0) is 52.0 Å². The highest BCUT2D eigenvalue weighted by molar-refractivity contribution is 5.75. The van der Waals surface area contributed by atoms with Crippen LogP contribution in [-0.2, 0) is 9.53 Å². The summed E-state index contributed by atoms with van der Waals surface area (Å²) in [7, 11) is 0. The number of hydrogen-bond acceptors (Lipinski definition) is 3. The molecular formula is C14H25NO2. The second-order valence-electron chi connectivity index (χ2n) is 5.42. The molecule has 0 spiro atoms. The van der Waals surface area contributed by atoms with E-state index in [1.54, 1.807) is 0 Å². The lowest BCUT2D eigenvalue weighted by molar-refractivity contribution is -0.151. The van der Waals surface area contributed by atoms with E-state index >= 15 is 0 Å². The first kappa shape index (κ1) is 12.9. The number of nitrogens with zero attached hydrogens (tertiary/aromatic N) is 1. The SMILES string of the molecule is CCOC(=O)C(C)N1CCC[C@H]2CCCC[C@H]21. The molecule has 0 aromatic carbocycles. The van der Waals surface area contributed by atoms with Gasteiger partial charge in [0, 0.05) is 6.04 Å². The van der Waals surface area contributed by atoms with Gasteiger partial charge in [-0.15, -0.1) is 0 Å². The van der Waals surface area contributed by atoms with Crippen molar-refractivity contribution in [3.63, 3.8) is 0 Å². The Balaban J connectivity index is 2.00. The number of rotatable bonds is 3. The molecule has 98 valence electrons. The molecule has 0 radical (unpaired) electrons. The van der Waals surface area contributed by atoms with Gasteiger partial charge >= 0.3 is 5.97 Å². The molecule has 0 N–H and O–H groups in total. The smallest absolute Gasteiger partial charge is 0.323 e. The average Bonchev–Trinajstić information content (AvgIpc) is 2.37. The lowest BCUT2D eigenvalue weighted by Crippen LogP contribution is -2.53. The van der Waals surface area contributed by atoms with Gasteiger partial charge in [-0.3, -0.25) is 9.69 Å². The van der Waals surface area contributed by atoms with Crippen LogP contribution in [0.4, 0.5) is 0 Å². The summed E-state index contributed by atoms with van der Waals surface area (Å²) < 4.78 is 5.16. The Labute approximate surface area is 105 Å². The Morgan fingerprint density at radius 1 is 1.29 bits per heavy atom. The number of esters is 1. The van der Waals surface area contributed by atoms with E-state index < -0.39 is 0 Å². The molecule has 2 rings (SSSR count). The Bertz CT molecular complexity index is 265. The van der Waals surface area contributed by atoms with E-state index in [-0.39, 0.29) is 12.0 Å². The number of fused-ring (bicyclic) bond motifs is 1. The Morgan fingerprint density at radius 3 is 2.76 bits per heavy atom. The van der Waals surface area contributed by atoms with E-state index in [0.717, 1.165) is 12.5 Å². The van der Waals surface area contributed by atoms with Crippen LogP contribution < -0.4 is 0 Å². The zero-order chi connectivity index (χ0) is 12.3. The third-order valence-corrected chi connectivity index (χ3v) is 4.41. The average molecular weight is 239 g/mol. The lowest BCUT2D eigenvalue weighted by Gasteiger charge is -2.46. The summed E-state index contributed by atoms with van der Waals surface area (Å²) in [6, 6.07) is 0.581. The molecule has 1 saturated heterocycles. The molecule has 1 heterocycles. The first-order valence-electron chi connectivity index (χ1n) is 7.16. The molecule has 0 bridgehead atoms. The molecule has 3 atom stereocenters. The summed E-state index contributed by atoms with van der Waals surface area (Å²) in [4.78, 5) is 14.3. The van der Waals surface area contributed by atoms with Gasteiger partial charge in [0.15, 0.2) is 0 Å².